The monoisotopic (exact) mass is 542 g/mol. The van der Waals surface area contributed by atoms with Gasteiger partial charge in [0, 0.05) is 54.4 Å². The molecule has 0 aliphatic heterocycles. The number of rotatable bonds is 3. The maximum atomic E-state index is 6.57. The lowest BCUT2D eigenvalue weighted by molar-refractivity contribution is -0.704. The van der Waals surface area contributed by atoms with Crippen molar-refractivity contribution in [3.63, 3.8) is 0 Å². The fourth-order valence-electron chi connectivity index (χ4n) is 6.68. The highest BCUT2D eigenvalue weighted by molar-refractivity contribution is 7.26. The Labute approximate surface area is 241 Å². The van der Waals surface area contributed by atoms with Crippen LogP contribution in [0.4, 0.5) is 0 Å². The van der Waals surface area contributed by atoms with Crippen molar-refractivity contribution in [2.24, 2.45) is 0 Å². The summed E-state index contributed by atoms with van der Waals surface area (Å²) in [6, 6.07) is 45.9. The van der Waals surface area contributed by atoms with E-state index >= 15 is 0 Å². The normalized spacial score (nSPS) is 14.1. The number of fused-ring (bicyclic) bond motifs is 8. The Kier molecular flexibility index (Phi) is 4.87. The summed E-state index contributed by atoms with van der Waals surface area (Å²) in [4.78, 5) is 0. The van der Waals surface area contributed by atoms with Gasteiger partial charge in [0.15, 0.2) is 12.4 Å². The molecule has 3 aromatic heterocycles. The first-order chi connectivity index (χ1) is 20.3. The second-order valence-electron chi connectivity index (χ2n) is 10.7. The molecular weight excluding hydrogens is 518 g/mol. The molecule has 0 radical (unpaired) electrons. The second-order valence-corrected chi connectivity index (χ2v) is 11.7. The van der Waals surface area contributed by atoms with E-state index in [9.17, 15) is 0 Å². The Balaban J connectivity index is 1.27. The van der Waals surface area contributed by atoms with Crippen LogP contribution in [0.25, 0.3) is 64.7 Å². The summed E-state index contributed by atoms with van der Waals surface area (Å²) in [7, 11) is 0. The average molecular weight is 543 g/mol. The van der Waals surface area contributed by atoms with Crippen LogP contribution in [0.15, 0.2) is 144 Å². The highest BCUT2D eigenvalue weighted by Gasteiger charge is 2.40. The first-order valence-corrected chi connectivity index (χ1v) is 14.8. The molecule has 8 aromatic rings. The van der Waals surface area contributed by atoms with Crippen molar-refractivity contribution in [2.45, 2.75) is 6.04 Å². The van der Waals surface area contributed by atoms with Crippen molar-refractivity contribution in [3.05, 3.63) is 151 Å². The van der Waals surface area contributed by atoms with Gasteiger partial charge in [0.25, 0.3) is 0 Å². The number of hydrogen-bond acceptors (Lipinski definition) is 2. The van der Waals surface area contributed by atoms with Gasteiger partial charge in [-0.25, -0.2) is 0 Å². The van der Waals surface area contributed by atoms with Crippen LogP contribution in [0.5, 0.6) is 0 Å². The molecule has 0 fully saturated rings. The van der Waals surface area contributed by atoms with Crippen LogP contribution in [0.3, 0.4) is 0 Å². The fourth-order valence-corrected chi connectivity index (χ4v) is 7.91. The number of nitrogens with zero attached hydrogens (tertiary/aromatic N) is 1. The van der Waals surface area contributed by atoms with E-state index in [0.29, 0.717) is 0 Å². The zero-order chi connectivity index (χ0) is 26.9. The van der Waals surface area contributed by atoms with E-state index in [1.165, 1.54) is 64.5 Å². The molecule has 2 nitrogen and oxygen atoms in total. The van der Waals surface area contributed by atoms with Gasteiger partial charge in [0.1, 0.15) is 11.3 Å². The van der Waals surface area contributed by atoms with Crippen LogP contribution in [0.2, 0.25) is 0 Å². The summed E-state index contributed by atoms with van der Waals surface area (Å²) in [6.45, 7) is 0. The molecule has 9 rings (SSSR count). The minimum absolute atomic E-state index is 0.0708. The van der Waals surface area contributed by atoms with Crippen LogP contribution in [-0.4, -0.2) is 0 Å². The van der Waals surface area contributed by atoms with Crippen LogP contribution in [-0.2, 0) is 0 Å². The van der Waals surface area contributed by atoms with Gasteiger partial charge in [-0.2, -0.15) is 4.57 Å². The van der Waals surface area contributed by atoms with E-state index in [2.05, 4.69) is 144 Å². The molecule has 3 heterocycles. The Morgan fingerprint density at radius 2 is 1.29 bits per heavy atom. The van der Waals surface area contributed by atoms with E-state index in [1.807, 2.05) is 11.3 Å². The lowest BCUT2D eigenvalue weighted by atomic mass is 9.92. The average Bonchev–Trinajstić information content (AvgIpc) is 3.70. The predicted molar refractivity (Wildman–Crippen MR) is 169 cm³/mol. The van der Waals surface area contributed by atoms with Gasteiger partial charge in [-0.3, -0.25) is 0 Å². The molecule has 0 saturated carbocycles. The molecule has 0 spiro atoms. The number of pyridine rings is 1. The van der Waals surface area contributed by atoms with Crippen LogP contribution < -0.4 is 4.57 Å². The zero-order valence-corrected chi connectivity index (χ0v) is 22.9. The topological polar surface area (TPSA) is 17.0 Å². The molecule has 0 amide bonds. The summed E-state index contributed by atoms with van der Waals surface area (Å²) in [5.41, 5.74) is 9.59. The second kappa shape index (κ2) is 8.76. The summed E-state index contributed by atoms with van der Waals surface area (Å²) < 4.78 is 11.5. The van der Waals surface area contributed by atoms with Gasteiger partial charge in [-0.1, -0.05) is 97.1 Å². The quantitative estimate of drug-likeness (QED) is 0.203. The minimum Gasteiger partial charge on any atom is -0.455 e. The molecule has 1 unspecified atom stereocenters. The van der Waals surface area contributed by atoms with Gasteiger partial charge in [-0.05, 0) is 34.9 Å². The maximum absolute atomic E-state index is 6.57. The molecular formula is C38H24NOS+. The molecule has 192 valence electrons. The molecule has 0 bridgehead atoms. The first-order valence-electron chi connectivity index (χ1n) is 14.0. The van der Waals surface area contributed by atoms with Gasteiger partial charge in [0.05, 0.1) is 5.56 Å². The standard InChI is InChI=1S/C38H24NOS/c1-8-21-39(22-9-1)36-28-14-4-5-15-29(28)37-35(36)32-23-24(19-20-33(32)40-37)25-11-2-3-12-26(25)30-16-10-17-31-27-13-6-7-18-34(27)41-38(30)31/h1-23,36H/q+1. The number of benzene rings is 5. The Bertz CT molecular complexity index is 2270. The van der Waals surface area contributed by atoms with Gasteiger partial charge in [0.2, 0.25) is 6.04 Å². The molecule has 0 N–H and O–H groups in total. The highest BCUT2D eigenvalue weighted by atomic mass is 32.1. The molecule has 1 aliphatic carbocycles. The van der Waals surface area contributed by atoms with Crippen LogP contribution in [0, 0.1) is 0 Å². The third-order valence-corrected chi connectivity index (χ3v) is 9.69. The first kappa shape index (κ1) is 22.8. The Hall–Kier alpha value is -4.99. The van der Waals surface area contributed by atoms with Crippen LogP contribution >= 0.6 is 11.3 Å². The van der Waals surface area contributed by atoms with Crippen molar-refractivity contribution in [1.29, 1.82) is 0 Å². The van der Waals surface area contributed by atoms with Crippen LogP contribution in [0.1, 0.15) is 17.2 Å². The van der Waals surface area contributed by atoms with Gasteiger partial charge >= 0.3 is 0 Å². The van der Waals surface area contributed by atoms with E-state index < -0.39 is 0 Å². The number of furan rings is 1. The largest absolute Gasteiger partial charge is 0.455 e. The van der Waals surface area contributed by atoms with Crippen molar-refractivity contribution >= 4 is 42.5 Å². The number of aromatic nitrogens is 1. The molecule has 41 heavy (non-hydrogen) atoms. The summed E-state index contributed by atoms with van der Waals surface area (Å²) >= 11 is 1.88. The third-order valence-electron chi connectivity index (χ3n) is 8.47. The van der Waals surface area contributed by atoms with Crippen molar-refractivity contribution in [1.82, 2.24) is 0 Å². The smallest absolute Gasteiger partial charge is 0.213 e. The minimum atomic E-state index is 0.0708. The maximum Gasteiger partial charge on any atom is 0.213 e. The number of hydrogen-bond donors (Lipinski definition) is 0. The molecule has 1 atom stereocenters. The predicted octanol–water partition coefficient (Wildman–Crippen LogP) is 10.0. The number of thiophene rings is 1. The molecule has 5 aromatic carbocycles. The summed E-state index contributed by atoms with van der Waals surface area (Å²) in [5.74, 6) is 0.984. The highest BCUT2D eigenvalue weighted by Crippen LogP contribution is 2.49. The Morgan fingerprint density at radius 3 is 2.20 bits per heavy atom. The fraction of sp³-hybridized carbons (Fsp3) is 0.0263. The molecule has 0 saturated heterocycles. The third kappa shape index (κ3) is 3.33. The van der Waals surface area contributed by atoms with E-state index in [4.69, 9.17) is 4.42 Å². The summed E-state index contributed by atoms with van der Waals surface area (Å²) in [5, 5.41) is 3.82. The summed E-state index contributed by atoms with van der Waals surface area (Å²) in [6.07, 6.45) is 4.31. The van der Waals surface area contributed by atoms with Gasteiger partial charge in [-0.15, -0.1) is 11.3 Å². The van der Waals surface area contributed by atoms with Crippen molar-refractivity contribution in [2.75, 3.05) is 0 Å². The van der Waals surface area contributed by atoms with E-state index in [-0.39, 0.29) is 6.04 Å². The van der Waals surface area contributed by atoms with Gasteiger partial charge < -0.3 is 4.42 Å². The van der Waals surface area contributed by atoms with E-state index in [1.54, 1.807) is 0 Å². The zero-order valence-electron chi connectivity index (χ0n) is 22.1. The lowest BCUT2D eigenvalue weighted by Gasteiger charge is -2.12. The lowest BCUT2D eigenvalue weighted by Crippen LogP contribution is -2.38. The SMILES string of the molecule is c1cc[n+](C2c3ccccc3-c3oc4ccc(-c5ccccc5-c5cccc6c5sc5ccccc56)cc4c32)cc1. The molecule has 1 aliphatic rings. The Morgan fingerprint density at radius 1 is 0.561 bits per heavy atom. The van der Waals surface area contributed by atoms with E-state index in [0.717, 1.165) is 11.3 Å². The van der Waals surface area contributed by atoms with Crippen molar-refractivity contribution < 1.29 is 8.98 Å². The van der Waals surface area contributed by atoms with Crippen molar-refractivity contribution in [3.8, 4) is 33.6 Å². The molecule has 3 heteroatoms.